The summed E-state index contributed by atoms with van der Waals surface area (Å²) in [6.45, 7) is 3.65. The number of nitro benzene ring substituents is 1. The molecule has 108 valence electrons. The summed E-state index contributed by atoms with van der Waals surface area (Å²) in [7, 11) is 0. The van der Waals surface area contributed by atoms with Crippen LogP contribution in [0.15, 0.2) is 36.4 Å². The highest BCUT2D eigenvalue weighted by molar-refractivity contribution is 14.1. The average Bonchev–Trinajstić information content (AvgIpc) is 2.43. The zero-order valence-electron chi connectivity index (χ0n) is 11.5. The van der Waals surface area contributed by atoms with E-state index in [0.717, 1.165) is 14.7 Å². The Hall–Kier alpha value is -1.96. The molecule has 0 aliphatic carbocycles. The largest absolute Gasteiger partial charge is 0.316 e. The molecule has 1 amide bonds. The summed E-state index contributed by atoms with van der Waals surface area (Å²) >= 11 is 2.14. The van der Waals surface area contributed by atoms with Gasteiger partial charge in [0.2, 0.25) is 0 Å². The number of rotatable bonds is 3. The van der Waals surface area contributed by atoms with E-state index >= 15 is 0 Å². The van der Waals surface area contributed by atoms with E-state index in [1.165, 1.54) is 6.07 Å². The predicted molar refractivity (Wildman–Crippen MR) is 89.7 cm³/mol. The van der Waals surface area contributed by atoms with E-state index in [0.29, 0.717) is 5.56 Å². The summed E-state index contributed by atoms with van der Waals surface area (Å²) in [5, 5.41) is 13.7. The van der Waals surface area contributed by atoms with Gasteiger partial charge in [-0.2, -0.15) is 0 Å². The van der Waals surface area contributed by atoms with Crippen molar-refractivity contribution in [3.05, 3.63) is 66.8 Å². The molecule has 2 aromatic rings. The summed E-state index contributed by atoms with van der Waals surface area (Å²) < 4.78 is 1.02. The molecule has 0 fully saturated rings. The lowest BCUT2D eigenvalue weighted by atomic mass is 10.1. The first-order chi connectivity index (χ1) is 9.88. The highest BCUT2D eigenvalue weighted by atomic mass is 127. The summed E-state index contributed by atoms with van der Waals surface area (Å²) in [4.78, 5) is 22.8. The number of hydrogen-bond acceptors (Lipinski definition) is 3. The molecular formula is C15H13IN2O3. The third kappa shape index (κ3) is 3.57. The van der Waals surface area contributed by atoms with Crippen LogP contribution in [-0.4, -0.2) is 10.8 Å². The third-order valence-corrected chi connectivity index (χ3v) is 3.88. The van der Waals surface area contributed by atoms with Crippen molar-refractivity contribution in [3.63, 3.8) is 0 Å². The minimum absolute atomic E-state index is 0.100. The fourth-order valence-corrected chi connectivity index (χ4v) is 2.21. The molecule has 0 atom stereocenters. The quantitative estimate of drug-likeness (QED) is 0.483. The van der Waals surface area contributed by atoms with Crippen LogP contribution in [0, 0.1) is 27.5 Å². The first kappa shape index (κ1) is 15.4. The first-order valence-corrected chi connectivity index (χ1v) is 7.29. The number of carbonyl (C=O) groups is 1. The topological polar surface area (TPSA) is 72.2 Å². The van der Waals surface area contributed by atoms with E-state index in [4.69, 9.17) is 0 Å². The maximum Gasteiger partial charge on any atom is 0.293 e. The summed E-state index contributed by atoms with van der Waals surface area (Å²) in [6, 6.07) is 10.1. The molecular weight excluding hydrogens is 383 g/mol. The van der Waals surface area contributed by atoms with Crippen LogP contribution in [0.2, 0.25) is 0 Å². The number of amides is 1. The molecule has 21 heavy (non-hydrogen) atoms. The number of aryl methyl sites for hydroxylation is 2. The molecule has 0 aliphatic rings. The second kappa shape index (κ2) is 6.21. The Morgan fingerprint density at radius 3 is 2.29 bits per heavy atom. The van der Waals surface area contributed by atoms with Crippen molar-refractivity contribution in [2.45, 2.75) is 13.8 Å². The molecule has 0 spiro atoms. The fourth-order valence-electron chi connectivity index (χ4n) is 1.85. The number of nitrogens with zero attached hydrogens (tertiary/aromatic N) is 1. The van der Waals surface area contributed by atoms with Crippen LogP contribution in [0.1, 0.15) is 21.5 Å². The Morgan fingerprint density at radius 2 is 1.71 bits per heavy atom. The highest BCUT2D eigenvalue weighted by Gasteiger charge is 2.18. The van der Waals surface area contributed by atoms with Gasteiger partial charge in [0.15, 0.2) is 0 Å². The zero-order valence-corrected chi connectivity index (χ0v) is 13.7. The maximum atomic E-state index is 12.2. The summed E-state index contributed by atoms with van der Waals surface area (Å²) in [5.74, 6) is -0.363. The summed E-state index contributed by atoms with van der Waals surface area (Å²) in [5.41, 5.74) is 2.28. The molecule has 0 radical (unpaired) electrons. The van der Waals surface area contributed by atoms with Gasteiger partial charge < -0.3 is 5.32 Å². The van der Waals surface area contributed by atoms with Crippen molar-refractivity contribution < 1.29 is 9.72 Å². The monoisotopic (exact) mass is 396 g/mol. The van der Waals surface area contributed by atoms with Crippen LogP contribution in [0.4, 0.5) is 11.4 Å². The van der Waals surface area contributed by atoms with Gasteiger partial charge in [-0.05, 0) is 77.9 Å². The minimum Gasteiger partial charge on any atom is -0.316 e. The average molecular weight is 396 g/mol. The number of nitro groups is 1. The number of benzene rings is 2. The SMILES string of the molecule is Cc1cc(NC(=O)c2ccc(I)cc2)c([N+](=O)[O-])cc1C. The molecule has 6 heteroatoms. The Kier molecular flexibility index (Phi) is 4.56. The van der Waals surface area contributed by atoms with Crippen LogP contribution in [0.25, 0.3) is 0 Å². The standard InChI is InChI=1S/C15H13IN2O3/c1-9-7-13(14(18(20)21)8-10(9)2)17-15(19)11-3-5-12(16)6-4-11/h3-8H,1-2H3,(H,17,19). The van der Waals surface area contributed by atoms with Gasteiger partial charge in [-0.3, -0.25) is 14.9 Å². The molecule has 0 aliphatic heterocycles. The Morgan fingerprint density at radius 1 is 1.14 bits per heavy atom. The second-order valence-electron chi connectivity index (χ2n) is 4.67. The lowest BCUT2D eigenvalue weighted by molar-refractivity contribution is -0.384. The number of anilines is 1. The lowest BCUT2D eigenvalue weighted by Gasteiger charge is -2.09. The number of carbonyl (C=O) groups excluding carboxylic acids is 1. The van der Waals surface area contributed by atoms with E-state index in [-0.39, 0.29) is 17.3 Å². The number of hydrogen-bond donors (Lipinski definition) is 1. The van der Waals surface area contributed by atoms with Gasteiger partial charge in [-0.25, -0.2) is 0 Å². The smallest absolute Gasteiger partial charge is 0.293 e. The van der Waals surface area contributed by atoms with Gasteiger partial charge >= 0.3 is 0 Å². The first-order valence-electron chi connectivity index (χ1n) is 6.21. The van der Waals surface area contributed by atoms with Crippen molar-refractivity contribution in [1.29, 1.82) is 0 Å². The molecule has 5 nitrogen and oxygen atoms in total. The maximum absolute atomic E-state index is 12.2. The van der Waals surface area contributed by atoms with Crippen LogP contribution >= 0.6 is 22.6 Å². The Labute approximate surface area is 135 Å². The molecule has 2 aromatic carbocycles. The van der Waals surface area contributed by atoms with Crippen molar-refractivity contribution in [2.75, 3.05) is 5.32 Å². The van der Waals surface area contributed by atoms with E-state index < -0.39 is 4.92 Å². The molecule has 0 aromatic heterocycles. The van der Waals surface area contributed by atoms with E-state index in [9.17, 15) is 14.9 Å². The molecule has 0 unspecified atom stereocenters. The van der Waals surface area contributed by atoms with Crippen molar-refractivity contribution in [2.24, 2.45) is 0 Å². The van der Waals surface area contributed by atoms with Gasteiger partial charge in [0.05, 0.1) is 4.92 Å². The van der Waals surface area contributed by atoms with Gasteiger partial charge in [0.1, 0.15) is 5.69 Å². The molecule has 1 N–H and O–H groups in total. The lowest BCUT2D eigenvalue weighted by Crippen LogP contribution is -2.13. The summed E-state index contributed by atoms with van der Waals surface area (Å²) in [6.07, 6.45) is 0. The molecule has 0 heterocycles. The predicted octanol–water partition coefficient (Wildman–Crippen LogP) is 4.07. The fraction of sp³-hybridized carbons (Fsp3) is 0.133. The van der Waals surface area contributed by atoms with Gasteiger partial charge in [-0.15, -0.1) is 0 Å². The normalized spacial score (nSPS) is 10.2. The Bertz CT molecular complexity index is 712. The molecule has 0 bridgehead atoms. The molecule has 0 saturated heterocycles. The Balaban J connectivity index is 2.34. The number of halogens is 1. The second-order valence-corrected chi connectivity index (χ2v) is 5.92. The van der Waals surface area contributed by atoms with E-state index in [2.05, 4.69) is 27.9 Å². The molecule has 0 saturated carbocycles. The van der Waals surface area contributed by atoms with E-state index in [1.807, 2.05) is 19.1 Å². The van der Waals surface area contributed by atoms with Crippen LogP contribution < -0.4 is 5.32 Å². The zero-order chi connectivity index (χ0) is 15.6. The van der Waals surface area contributed by atoms with Crippen LogP contribution in [0.3, 0.4) is 0 Å². The van der Waals surface area contributed by atoms with Crippen molar-refractivity contribution in [1.82, 2.24) is 0 Å². The van der Waals surface area contributed by atoms with Gasteiger partial charge in [0.25, 0.3) is 11.6 Å². The number of nitrogens with one attached hydrogen (secondary N) is 1. The highest BCUT2D eigenvalue weighted by Crippen LogP contribution is 2.28. The van der Waals surface area contributed by atoms with Crippen LogP contribution in [-0.2, 0) is 0 Å². The van der Waals surface area contributed by atoms with Gasteiger partial charge in [-0.1, -0.05) is 0 Å². The molecule has 2 rings (SSSR count). The van der Waals surface area contributed by atoms with Crippen LogP contribution in [0.5, 0.6) is 0 Å². The van der Waals surface area contributed by atoms with Gasteiger partial charge in [0, 0.05) is 15.2 Å². The van der Waals surface area contributed by atoms with Crippen molar-refractivity contribution in [3.8, 4) is 0 Å². The minimum atomic E-state index is -0.490. The third-order valence-electron chi connectivity index (χ3n) is 3.16. The van der Waals surface area contributed by atoms with Crippen molar-refractivity contribution >= 4 is 39.9 Å². The van der Waals surface area contributed by atoms with E-state index in [1.54, 1.807) is 25.1 Å².